The minimum Gasteiger partial charge on any atom is -0.495 e. The molecule has 0 radical (unpaired) electrons. The van der Waals surface area contributed by atoms with Crippen LogP contribution in [0.15, 0.2) is 52.0 Å². The van der Waals surface area contributed by atoms with E-state index >= 15 is 0 Å². The van der Waals surface area contributed by atoms with Gasteiger partial charge in [-0.3, -0.25) is 4.79 Å². The molecular formula is C27H32N2O7S. The molecule has 1 aromatic carbocycles. The predicted molar refractivity (Wildman–Crippen MR) is 137 cm³/mol. The molecule has 1 aliphatic rings. The zero-order chi connectivity index (χ0) is 26.7. The number of Topliss-reactive ketones (excluding diaryl/α,β-unsaturated/α-hetero) is 1. The van der Waals surface area contributed by atoms with Gasteiger partial charge in [-0.25, -0.2) is 13.2 Å². The van der Waals surface area contributed by atoms with Gasteiger partial charge in [0.15, 0.2) is 6.61 Å². The summed E-state index contributed by atoms with van der Waals surface area (Å²) in [5, 5.41) is 0. The summed E-state index contributed by atoms with van der Waals surface area (Å²) < 4.78 is 46.2. The number of aromatic nitrogens is 1. The molecule has 0 aliphatic carbocycles. The smallest absolute Gasteiger partial charge is 0.338 e. The van der Waals surface area contributed by atoms with Gasteiger partial charge < -0.3 is 18.5 Å². The molecule has 1 aliphatic heterocycles. The molecule has 0 N–H and O–H groups in total. The maximum atomic E-state index is 13.4. The van der Waals surface area contributed by atoms with Gasteiger partial charge in [0.05, 0.1) is 25.5 Å². The molecule has 10 heteroatoms. The Labute approximate surface area is 217 Å². The van der Waals surface area contributed by atoms with Crippen molar-refractivity contribution in [3.8, 4) is 5.75 Å². The van der Waals surface area contributed by atoms with Crippen molar-refractivity contribution in [3.63, 3.8) is 0 Å². The summed E-state index contributed by atoms with van der Waals surface area (Å²) in [7, 11) is -2.51. The molecule has 0 spiro atoms. The third-order valence-corrected chi connectivity index (χ3v) is 8.87. The van der Waals surface area contributed by atoms with Gasteiger partial charge in [-0.2, -0.15) is 4.31 Å². The van der Waals surface area contributed by atoms with Crippen molar-refractivity contribution in [1.82, 2.24) is 8.87 Å². The lowest BCUT2D eigenvalue weighted by Gasteiger charge is -2.32. The number of benzene rings is 1. The topological polar surface area (TPSA) is 108 Å². The summed E-state index contributed by atoms with van der Waals surface area (Å²) in [4.78, 5) is 25.6. The van der Waals surface area contributed by atoms with Gasteiger partial charge in [0.25, 0.3) is 0 Å². The number of ether oxygens (including phenoxy) is 2. The van der Waals surface area contributed by atoms with Crippen LogP contribution in [0, 0.1) is 13.8 Å². The van der Waals surface area contributed by atoms with Gasteiger partial charge in [-0.1, -0.05) is 6.42 Å². The number of aryl methyl sites for hydroxylation is 1. The fourth-order valence-electron chi connectivity index (χ4n) is 4.74. The molecule has 0 unspecified atom stereocenters. The van der Waals surface area contributed by atoms with E-state index in [0.29, 0.717) is 18.7 Å². The lowest BCUT2D eigenvalue weighted by atomic mass is 10.1. The van der Waals surface area contributed by atoms with Crippen LogP contribution in [-0.4, -0.2) is 55.3 Å². The molecule has 3 aromatic rings. The predicted octanol–water partition coefficient (Wildman–Crippen LogP) is 4.36. The van der Waals surface area contributed by atoms with Crippen LogP contribution in [0.2, 0.25) is 0 Å². The third kappa shape index (κ3) is 5.50. The second kappa shape index (κ2) is 10.9. The minimum absolute atomic E-state index is 0.0279. The summed E-state index contributed by atoms with van der Waals surface area (Å²) in [5.41, 5.74) is 2.10. The number of rotatable bonds is 9. The van der Waals surface area contributed by atoms with Crippen molar-refractivity contribution >= 4 is 21.8 Å². The number of carbonyl (C=O) groups excluding carboxylic acids is 2. The lowest BCUT2D eigenvalue weighted by Crippen LogP contribution is -2.42. The third-order valence-electron chi connectivity index (χ3n) is 6.83. The van der Waals surface area contributed by atoms with Crippen LogP contribution in [0.3, 0.4) is 0 Å². The zero-order valence-electron chi connectivity index (χ0n) is 21.5. The Hall–Kier alpha value is -3.37. The van der Waals surface area contributed by atoms with E-state index in [-0.39, 0.29) is 28.0 Å². The standard InChI is InChI=1S/C27H32N2O7S/c1-18-8-5-6-12-29(18)37(32,33)26-15-21(10-11-25(26)34-4)27(31)36-17-24(30)23-14-19(2)28(20(23)3)16-22-9-7-13-35-22/h7,9-11,13-15,18H,5-6,8,12,16-17H2,1-4H3/t18-/m0/s1. The van der Waals surface area contributed by atoms with Gasteiger partial charge >= 0.3 is 5.97 Å². The highest BCUT2D eigenvalue weighted by atomic mass is 32.2. The molecule has 198 valence electrons. The largest absolute Gasteiger partial charge is 0.495 e. The van der Waals surface area contributed by atoms with Crippen LogP contribution >= 0.6 is 0 Å². The SMILES string of the molecule is COc1ccc(C(=O)OCC(=O)c2cc(C)n(Cc3ccco3)c2C)cc1S(=O)(=O)N1CCCC[C@@H]1C. The summed E-state index contributed by atoms with van der Waals surface area (Å²) in [6.45, 7) is 6.01. The lowest BCUT2D eigenvalue weighted by molar-refractivity contribution is 0.0474. The highest BCUT2D eigenvalue weighted by molar-refractivity contribution is 7.89. The minimum atomic E-state index is -3.89. The van der Waals surface area contributed by atoms with E-state index in [2.05, 4.69) is 0 Å². The van der Waals surface area contributed by atoms with Gasteiger partial charge in [0.2, 0.25) is 15.8 Å². The summed E-state index contributed by atoms with van der Waals surface area (Å²) >= 11 is 0. The Morgan fingerprint density at radius 3 is 2.59 bits per heavy atom. The number of piperidine rings is 1. The first kappa shape index (κ1) is 26.7. The number of hydrogen-bond acceptors (Lipinski definition) is 7. The number of methoxy groups -OCH3 is 1. The fourth-order valence-corrected chi connectivity index (χ4v) is 6.62. The number of sulfonamides is 1. The first-order valence-electron chi connectivity index (χ1n) is 12.2. The van der Waals surface area contributed by atoms with Crippen LogP contribution in [0.4, 0.5) is 0 Å². The molecular weight excluding hydrogens is 496 g/mol. The Balaban J connectivity index is 1.50. The monoisotopic (exact) mass is 528 g/mol. The Morgan fingerprint density at radius 1 is 1.14 bits per heavy atom. The number of ketones is 1. The molecule has 1 atom stereocenters. The van der Waals surface area contributed by atoms with Crippen molar-refractivity contribution in [2.24, 2.45) is 0 Å². The molecule has 37 heavy (non-hydrogen) atoms. The quantitative estimate of drug-likeness (QED) is 0.300. The van der Waals surface area contributed by atoms with E-state index in [1.54, 1.807) is 18.4 Å². The summed E-state index contributed by atoms with van der Waals surface area (Å²) in [6, 6.07) is 9.39. The molecule has 1 saturated heterocycles. The molecule has 0 bridgehead atoms. The number of esters is 1. The molecule has 0 saturated carbocycles. The molecule has 4 rings (SSSR count). The maximum Gasteiger partial charge on any atom is 0.338 e. The highest BCUT2D eigenvalue weighted by Crippen LogP contribution is 2.32. The second-order valence-electron chi connectivity index (χ2n) is 9.28. The van der Waals surface area contributed by atoms with Crippen LogP contribution in [0.5, 0.6) is 5.75 Å². The maximum absolute atomic E-state index is 13.4. The number of furan rings is 1. The molecule has 2 aromatic heterocycles. The Bertz CT molecular complexity index is 1390. The van der Waals surface area contributed by atoms with E-state index in [0.717, 1.165) is 36.4 Å². The second-order valence-corrected chi connectivity index (χ2v) is 11.1. The van der Waals surface area contributed by atoms with Crippen LogP contribution < -0.4 is 4.74 Å². The average Bonchev–Trinajstić information content (AvgIpc) is 3.50. The zero-order valence-corrected chi connectivity index (χ0v) is 22.3. The van der Waals surface area contributed by atoms with E-state index < -0.39 is 22.6 Å². The van der Waals surface area contributed by atoms with Gasteiger partial charge in [-0.15, -0.1) is 0 Å². The highest BCUT2D eigenvalue weighted by Gasteiger charge is 2.34. The first-order valence-corrected chi connectivity index (χ1v) is 13.7. The van der Waals surface area contributed by atoms with Crippen molar-refractivity contribution in [2.75, 3.05) is 20.3 Å². The van der Waals surface area contributed by atoms with E-state index in [1.165, 1.54) is 29.6 Å². The van der Waals surface area contributed by atoms with Gasteiger partial charge in [0, 0.05) is 29.5 Å². The van der Waals surface area contributed by atoms with Crippen LogP contribution in [0.25, 0.3) is 0 Å². The Morgan fingerprint density at radius 2 is 1.92 bits per heavy atom. The molecule has 3 heterocycles. The fraction of sp³-hybridized carbons (Fsp3) is 0.407. The van der Waals surface area contributed by atoms with Crippen molar-refractivity contribution in [1.29, 1.82) is 0 Å². The van der Waals surface area contributed by atoms with Crippen molar-refractivity contribution in [3.05, 3.63) is 70.9 Å². The normalized spacial score (nSPS) is 16.5. The van der Waals surface area contributed by atoms with Gasteiger partial charge in [0.1, 0.15) is 16.4 Å². The first-order chi connectivity index (χ1) is 17.6. The van der Waals surface area contributed by atoms with Crippen LogP contribution in [0.1, 0.15) is 64.1 Å². The van der Waals surface area contributed by atoms with E-state index in [9.17, 15) is 18.0 Å². The summed E-state index contributed by atoms with van der Waals surface area (Å²) in [6.07, 6.45) is 4.11. The molecule has 9 nitrogen and oxygen atoms in total. The van der Waals surface area contributed by atoms with E-state index in [4.69, 9.17) is 13.9 Å². The van der Waals surface area contributed by atoms with Crippen molar-refractivity contribution < 1.29 is 31.9 Å². The number of hydrogen-bond donors (Lipinski definition) is 0. The number of nitrogens with zero attached hydrogens (tertiary/aromatic N) is 2. The van der Waals surface area contributed by atoms with E-state index in [1.807, 2.05) is 31.4 Å². The molecule has 0 amide bonds. The average molecular weight is 529 g/mol. The summed E-state index contributed by atoms with van der Waals surface area (Å²) in [5.74, 6) is -0.231. The number of carbonyl (C=O) groups is 2. The molecule has 1 fully saturated rings. The Kier molecular flexibility index (Phi) is 7.89. The van der Waals surface area contributed by atoms with Gasteiger partial charge in [-0.05, 0) is 70.0 Å². The van der Waals surface area contributed by atoms with Crippen LogP contribution in [-0.2, 0) is 21.3 Å². The van der Waals surface area contributed by atoms with Crippen molar-refractivity contribution in [2.45, 2.75) is 57.5 Å².